The summed E-state index contributed by atoms with van der Waals surface area (Å²) >= 11 is 0. The first kappa shape index (κ1) is 10.4. The van der Waals surface area contributed by atoms with Gasteiger partial charge >= 0.3 is 0 Å². The lowest BCUT2D eigenvalue weighted by Crippen LogP contribution is -2.17. The second-order valence-electron chi connectivity index (χ2n) is 3.45. The highest BCUT2D eigenvalue weighted by molar-refractivity contribution is 6.76. The third kappa shape index (κ3) is 5.24. The summed E-state index contributed by atoms with van der Waals surface area (Å²) < 4.78 is 0. The molecule has 0 fully saturated rings. The van der Waals surface area contributed by atoms with E-state index < -0.39 is 0 Å². The fraction of sp³-hybridized carbons (Fsp3) is 1.00. The molecule has 0 aliphatic heterocycles. The minimum absolute atomic E-state index is 0.127. The molecular formula is C8H21Si2. The van der Waals surface area contributed by atoms with Crippen LogP contribution in [0.1, 0.15) is 20.3 Å². The maximum Gasteiger partial charge on any atom is 0.0445 e. The molecule has 10 heavy (non-hydrogen) atoms. The maximum atomic E-state index is 2.48. The zero-order valence-electron chi connectivity index (χ0n) is 7.91. The standard InChI is InChI=1S/C8H21Si2/c1-5-7-10(6-2)8-9(3)4/h9H,5-8H2,1-4H3. The third-order valence-corrected chi connectivity index (χ3v) is 9.58. The molecule has 61 valence electrons. The molecule has 0 amide bonds. The predicted octanol–water partition coefficient (Wildman–Crippen LogP) is 2.94. The van der Waals surface area contributed by atoms with Crippen molar-refractivity contribution in [3.8, 4) is 0 Å². The fourth-order valence-corrected chi connectivity index (χ4v) is 9.00. The van der Waals surface area contributed by atoms with Crippen LogP contribution in [-0.4, -0.2) is 17.6 Å². The van der Waals surface area contributed by atoms with E-state index in [1.807, 2.05) is 0 Å². The van der Waals surface area contributed by atoms with Gasteiger partial charge in [0.1, 0.15) is 0 Å². The van der Waals surface area contributed by atoms with Gasteiger partial charge in [-0.05, 0) is 0 Å². The van der Waals surface area contributed by atoms with E-state index in [-0.39, 0.29) is 17.6 Å². The van der Waals surface area contributed by atoms with Gasteiger partial charge in [0.05, 0.1) is 0 Å². The first-order valence-corrected chi connectivity index (χ1v) is 9.79. The van der Waals surface area contributed by atoms with Gasteiger partial charge in [-0.2, -0.15) is 0 Å². The molecule has 0 heterocycles. The van der Waals surface area contributed by atoms with Gasteiger partial charge in [-0.15, -0.1) is 0 Å². The van der Waals surface area contributed by atoms with Crippen molar-refractivity contribution in [2.75, 3.05) is 0 Å². The molecule has 0 bridgehead atoms. The number of hydrogen-bond donors (Lipinski definition) is 0. The van der Waals surface area contributed by atoms with E-state index in [0.29, 0.717) is 0 Å². The summed E-state index contributed by atoms with van der Waals surface area (Å²) in [6.07, 6.45) is 1.42. The molecule has 0 aromatic carbocycles. The van der Waals surface area contributed by atoms with Crippen LogP contribution >= 0.6 is 0 Å². The Kier molecular flexibility index (Phi) is 6.43. The molecule has 0 aromatic heterocycles. The minimum Gasteiger partial charge on any atom is -0.0724 e. The van der Waals surface area contributed by atoms with Gasteiger partial charge in [0.25, 0.3) is 0 Å². The van der Waals surface area contributed by atoms with E-state index in [0.717, 1.165) is 0 Å². The molecule has 0 N–H and O–H groups in total. The highest BCUT2D eigenvalue weighted by Gasteiger charge is 2.09. The van der Waals surface area contributed by atoms with Gasteiger partial charge in [0.2, 0.25) is 0 Å². The lowest BCUT2D eigenvalue weighted by molar-refractivity contribution is 1.05. The van der Waals surface area contributed by atoms with Crippen LogP contribution in [0.15, 0.2) is 0 Å². The quantitative estimate of drug-likeness (QED) is 0.561. The first-order valence-electron chi connectivity index (χ1n) is 4.54. The highest BCUT2D eigenvalue weighted by atomic mass is 28.3. The van der Waals surface area contributed by atoms with Crippen LogP contribution in [0.3, 0.4) is 0 Å². The van der Waals surface area contributed by atoms with Gasteiger partial charge in [0.15, 0.2) is 0 Å². The molecule has 0 rings (SSSR count). The van der Waals surface area contributed by atoms with Crippen molar-refractivity contribution >= 4 is 17.6 Å². The Hall–Kier alpha value is 0.434. The molecule has 2 heteroatoms. The largest absolute Gasteiger partial charge is 0.0724 e. The predicted molar refractivity (Wildman–Crippen MR) is 55.0 cm³/mol. The Morgan fingerprint density at radius 1 is 1.20 bits per heavy atom. The van der Waals surface area contributed by atoms with Crippen LogP contribution in [0.4, 0.5) is 0 Å². The van der Waals surface area contributed by atoms with E-state index in [1.165, 1.54) is 12.5 Å². The molecular weight excluding hydrogens is 152 g/mol. The van der Waals surface area contributed by atoms with Crippen molar-refractivity contribution in [2.45, 2.75) is 51.1 Å². The summed E-state index contributed by atoms with van der Waals surface area (Å²) in [6, 6.07) is 3.07. The zero-order chi connectivity index (χ0) is 7.98. The van der Waals surface area contributed by atoms with Crippen LogP contribution in [0.25, 0.3) is 0 Å². The van der Waals surface area contributed by atoms with Crippen molar-refractivity contribution in [2.24, 2.45) is 0 Å². The Bertz CT molecular complexity index is 71.7. The van der Waals surface area contributed by atoms with Crippen molar-refractivity contribution in [1.29, 1.82) is 0 Å². The summed E-state index contributed by atoms with van der Waals surface area (Å²) in [5.41, 5.74) is 1.66. The van der Waals surface area contributed by atoms with Crippen LogP contribution in [0, 0.1) is 0 Å². The summed E-state index contributed by atoms with van der Waals surface area (Å²) in [5, 5.41) is 0. The van der Waals surface area contributed by atoms with Crippen molar-refractivity contribution in [3.63, 3.8) is 0 Å². The van der Waals surface area contributed by atoms with Gasteiger partial charge in [-0.1, -0.05) is 51.1 Å². The minimum atomic E-state index is -0.232. The van der Waals surface area contributed by atoms with E-state index in [9.17, 15) is 0 Å². The summed E-state index contributed by atoms with van der Waals surface area (Å²) in [4.78, 5) is 0. The molecule has 0 nitrogen and oxygen atoms in total. The lowest BCUT2D eigenvalue weighted by Gasteiger charge is -2.12. The van der Waals surface area contributed by atoms with E-state index in [1.54, 1.807) is 11.7 Å². The average molecular weight is 173 g/mol. The van der Waals surface area contributed by atoms with Crippen LogP contribution in [0.2, 0.25) is 30.8 Å². The Labute approximate surface area is 69.2 Å². The summed E-state index contributed by atoms with van der Waals surface area (Å²) in [5.74, 6) is 0. The van der Waals surface area contributed by atoms with E-state index >= 15 is 0 Å². The first-order chi connectivity index (χ1) is 4.70. The molecule has 0 saturated heterocycles. The molecule has 0 spiro atoms. The average Bonchev–Trinajstić information content (AvgIpc) is 1.86. The maximum absolute atomic E-state index is 2.48. The SMILES string of the molecule is CCC[Si](CC)C[SiH](C)C. The summed E-state index contributed by atoms with van der Waals surface area (Å²) in [7, 11) is -0.105. The third-order valence-electron chi connectivity index (χ3n) is 1.80. The number of hydrogen-bond acceptors (Lipinski definition) is 0. The molecule has 1 radical (unpaired) electrons. The molecule has 0 atom stereocenters. The van der Waals surface area contributed by atoms with Crippen LogP contribution in [0.5, 0.6) is 0 Å². The van der Waals surface area contributed by atoms with Gasteiger partial charge < -0.3 is 0 Å². The van der Waals surface area contributed by atoms with Gasteiger partial charge in [-0.25, -0.2) is 0 Å². The molecule has 0 aliphatic rings. The van der Waals surface area contributed by atoms with E-state index in [4.69, 9.17) is 0 Å². The second kappa shape index (κ2) is 6.16. The van der Waals surface area contributed by atoms with Gasteiger partial charge in [-0.3, -0.25) is 0 Å². The molecule has 0 aliphatic carbocycles. The van der Waals surface area contributed by atoms with Crippen molar-refractivity contribution in [3.05, 3.63) is 0 Å². The molecule has 0 unspecified atom stereocenters. The van der Waals surface area contributed by atoms with Crippen LogP contribution < -0.4 is 0 Å². The zero-order valence-corrected chi connectivity index (χ0v) is 10.1. The van der Waals surface area contributed by atoms with E-state index in [2.05, 4.69) is 26.9 Å². The van der Waals surface area contributed by atoms with Crippen LogP contribution in [-0.2, 0) is 0 Å². The molecule has 0 saturated carbocycles. The smallest absolute Gasteiger partial charge is 0.0445 e. The topological polar surface area (TPSA) is 0 Å². The lowest BCUT2D eigenvalue weighted by atomic mass is 10.6. The van der Waals surface area contributed by atoms with Gasteiger partial charge in [0, 0.05) is 17.6 Å². The highest BCUT2D eigenvalue weighted by Crippen LogP contribution is 2.09. The number of rotatable bonds is 5. The molecule has 0 aromatic rings. The fourth-order valence-electron chi connectivity index (χ4n) is 1.35. The monoisotopic (exact) mass is 173 g/mol. The van der Waals surface area contributed by atoms with Crippen molar-refractivity contribution < 1.29 is 0 Å². The Morgan fingerprint density at radius 2 is 1.80 bits per heavy atom. The Balaban J connectivity index is 3.39. The van der Waals surface area contributed by atoms with Crippen molar-refractivity contribution in [1.82, 2.24) is 0 Å². The second-order valence-corrected chi connectivity index (χ2v) is 10.6. The summed E-state index contributed by atoms with van der Waals surface area (Å²) in [6.45, 7) is 9.66. The normalized spacial score (nSPS) is 11.4. The Morgan fingerprint density at radius 3 is 2.10 bits per heavy atom.